The van der Waals surface area contributed by atoms with Gasteiger partial charge in [-0.2, -0.15) is 0 Å². The number of methoxy groups -OCH3 is 1. The molecule has 1 N–H and O–H groups in total. The van der Waals surface area contributed by atoms with Crippen LogP contribution in [0.4, 0.5) is 5.69 Å². The first-order valence-corrected chi connectivity index (χ1v) is 9.73. The molecular formula is C19H22N2O6S. The number of ether oxygens (including phenoxy) is 2. The Bertz CT molecular complexity index is 968. The number of nitrogens with zero attached hydrogens (tertiary/aromatic N) is 1. The second-order valence-electron chi connectivity index (χ2n) is 6.14. The van der Waals surface area contributed by atoms with E-state index in [0.717, 1.165) is 9.87 Å². The number of hydrogen-bond donors (Lipinski definition) is 1. The maximum absolute atomic E-state index is 12.1. The van der Waals surface area contributed by atoms with Crippen molar-refractivity contribution in [3.63, 3.8) is 0 Å². The van der Waals surface area contributed by atoms with Crippen LogP contribution in [0.15, 0.2) is 47.4 Å². The number of esters is 1. The van der Waals surface area contributed by atoms with Crippen molar-refractivity contribution >= 4 is 27.6 Å². The van der Waals surface area contributed by atoms with Crippen LogP contribution in [-0.2, 0) is 19.6 Å². The summed E-state index contributed by atoms with van der Waals surface area (Å²) in [5.74, 6) is -0.771. The highest BCUT2D eigenvalue weighted by atomic mass is 32.2. The van der Waals surface area contributed by atoms with Crippen molar-refractivity contribution in [3.05, 3.63) is 53.6 Å². The van der Waals surface area contributed by atoms with E-state index in [-0.39, 0.29) is 10.5 Å². The van der Waals surface area contributed by atoms with E-state index >= 15 is 0 Å². The summed E-state index contributed by atoms with van der Waals surface area (Å²) in [6.07, 6.45) is 0. The van der Waals surface area contributed by atoms with E-state index in [9.17, 15) is 18.0 Å². The van der Waals surface area contributed by atoms with Crippen molar-refractivity contribution in [1.29, 1.82) is 0 Å². The minimum absolute atomic E-state index is 0.0540. The van der Waals surface area contributed by atoms with Gasteiger partial charge < -0.3 is 14.8 Å². The summed E-state index contributed by atoms with van der Waals surface area (Å²) in [7, 11) is 0.734. The monoisotopic (exact) mass is 406 g/mol. The Balaban J connectivity index is 1.99. The fourth-order valence-corrected chi connectivity index (χ4v) is 3.20. The van der Waals surface area contributed by atoms with Gasteiger partial charge in [0.25, 0.3) is 5.91 Å². The Kier molecular flexibility index (Phi) is 6.76. The third-order valence-corrected chi connectivity index (χ3v) is 5.66. The predicted molar refractivity (Wildman–Crippen MR) is 104 cm³/mol. The Morgan fingerprint density at radius 2 is 1.71 bits per heavy atom. The van der Waals surface area contributed by atoms with E-state index in [0.29, 0.717) is 11.4 Å². The number of anilines is 1. The van der Waals surface area contributed by atoms with Crippen molar-refractivity contribution in [1.82, 2.24) is 4.31 Å². The number of hydrogen-bond acceptors (Lipinski definition) is 6. The molecule has 0 unspecified atom stereocenters. The third-order valence-electron chi connectivity index (χ3n) is 3.83. The number of sulfonamides is 1. The number of benzene rings is 2. The molecule has 0 aromatic heterocycles. The Morgan fingerprint density at radius 3 is 2.29 bits per heavy atom. The van der Waals surface area contributed by atoms with Crippen LogP contribution in [0.2, 0.25) is 0 Å². The summed E-state index contributed by atoms with van der Waals surface area (Å²) in [6, 6.07) is 10.6. The quantitative estimate of drug-likeness (QED) is 0.706. The largest absolute Gasteiger partial charge is 0.495 e. The van der Waals surface area contributed by atoms with Crippen LogP contribution in [0, 0.1) is 6.92 Å². The molecule has 28 heavy (non-hydrogen) atoms. The number of amides is 1. The Morgan fingerprint density at radius 1 is 1.07 bits per heavy atom. The molecule has 0 radical (unpaired) electrons. The zero-order chi connectivity index (χ0) is 20.9. The van der Waals surface area contributed by atoms with Crippen LogP contribution in [0.1, 0.15) is 15.9 Å². The van der Waals surface area contributed by atoms with Crippen LogP contribution < -0.4 is 10.1 Å². The average molecular weight is 406 g/mol. The predicted octanol–water partition coefficient (Wildman–Crippen LogP) is 2.05. The summed E-state index contributed by atoms with van der Waals surface area (Å²) in [5, 5.41) is 2.62. The van der Waals surface area contributed by atoms with Gasteiger partial charge in [0.1, 0.15) is 5.75 Å². The molecule has 2 rings (SSSR count). The molecule has 0 saturated carbocycles. The SMILES string of the molecule is COc1ccc(C)cc1NC(=O)COC(=O)c1ccc(S(=O)(=O)N(C)C)cc1. The number of aryl methyl sites for hydroxylation is 1. The summed E-state index contributed by atoms with van der Waals surface area (Å²) in [6.45, 7) is 1.38. The van der Waals surface area contributed by atoms with E-state index < -0.39 is 28.5 Å². The van der Waals surface area contributed by atoms with Crippen molar-refractivity contribution < 1.29 is 27.5 Å². The second kappa shape index (κ2) is 8.85. The maximum Gasteiger partial charge on any atom is 0.338 e. The number of carbonyl (C=O) groups excluding carboxylic acids is 2. The van der Waals surface area contributed by atoms with Gasteiger partial charge in [-0.05, 0) is 48.9 Å². The molecule has 2 aromatic carbocycles. The molecule has 9 heteroatoms. The smallest absolute Gasteiger partial charge is 0.338 e. The number of carbonyl (C=O) groups is 2. The van der Waals surface area contributed by atoms with Gasteiger partial charge in [-0.15, -0.1) is 0 Å². The topological polar surface area (TPSA) is 102 Å². The highest BCUT2D eigenvalue weighted by Crippen LogP contribution is 2.25. The van der Waals surface area contributed by atoms with Crippen molar-refractivity contribution in [2.75, 3.05) is 33.1 Å². The van der Waals surface area contributed by atoms with Gasteiger partial charge in [-0.25, -0.2) is 17.5 Å². The second-order valence-corrected chi connectivity index (χ2v) is 8.29. The van der Waals surface area contributed by atoms with E-state index in [1.807, 2.05) is 13.0 Å². The molecule has 0 heterocycles. The molecule has 0 aliphatic carbocycles. The van der Waals surface area contributed by atoms with Crippen LogP contribution in [0.3, 0.4) is 0 Å². The molecule has 150 valence electrons. The molecule has 0 spiro atoms. The molecular weight excluding hydrogens is 384 g/mol. The van der Waals surface area contributed by atoms with Gasteiger partial charge in [0, 0.05) is 14.1 Å². The fourth-order valence-electron chi connectivity index (χ4n) is 2.29. The fraction of sp³-hybridized carbons (Fsp3) is 0.263. The summed E-state index contributed by atoms with van der Waals surface area (Å²) < 4.78 is 35.3. The van der Waals surface area contributed by atoms with Crippen molar-refractivity contribution in [2.45, 2.75) is 11.8 Å². The lowest BCUT2D eigenvalue weighted by Gasteiger charge is -2.12. The maximum atomic E-state index is 12.1. The molecule has 0 saturated heterocycles. The highest BCUT2D eigenvalue weighted by molar-refractivity contribution is 7.89. The zero-order valence-corrected chi connectivity index (χ0v) is 16.9. The zero-order valence-electron chi connectivity index (χ0n) is 16.1. The third kappa shape index (κ3) is 5.08. The lowest BCUT2D eigenvalue weighted by atomic mass is 10.2. The molecule has 0 aliphatic rings. The van der Waals surface area contributed by atoms with Gasteiger partial charge in [0.2, 0.25) is 10.0 Å². The first-order chi connectivity index (χ1) is 13.1. The number of rotatable bonds is 7. The Labute approximate surface area is 164 Å². The van der Waals surface area contributed by atoms with E-state index in [1.165, 1.54) is 45.5 Å². The van der Waals surface area contributed by atoms with Crippen LogP contribution in [0.25, 0.3) is 0 Å². The molecule has 0 atom stereocenters. The molecule has 2 aromatic rings. The lowest BCUT2D eigenvalue weighted by Crippen LogP contribution is -2.22. The molecule has 1 amide bonds. The minimum atomic E-state index is -3.58. The molecule has 0 bridgehead atoms. The first-order valence-electron chi connectivity index (χ1n) is 8.29. The molecule has 0 aliphatic heterocycles. The van der Waals surface area contributed by atoms with Gasteiger partial charge in [0.05, 0.1) is 23.3 Å². The highest BCUT2D eigenvalue weighted by Gasteiger charge is 2.18. The Hall–Kier alpha value is -2.91. The van der Waals surface area contributed by atoms with Crippen molar-refractivity contribution in [2.24, 2.45) is 0 Å². The molecule has 8 nitrogen and oxygen atoms in total. The normalized spacial score (nSPS) is 11.2. The van der Waals surface area contributed by atoms with Gasteiger partial charge >= 0.3 is 5.97 Å². The summed E-state index contributed by atoms with van der Waals surface area (Å²) in [5.41, 5.74) is 1.54. The van der Waals surface area contributed by atoms with Crippen LogP contribution >= 0.6 is 0 Å². The van der Waals surface area contributed by atoms with Gasteiger partial charge in [-0.1, -0.05) is 6.07 Å². The van der Waals surface area contributed by atoms with Gasteiger partial charge in [-0.3, -0.25) is 4.79 Å². The van der Waals surface area contributed by atoms with Crippen molar-refractivity contribution in [3.8, 4) is 5.75 Å². The summed E-state index contributed by atoms with van der Waals surface area (Å²) in [4.78, 5) is 24.2. The van der Waals surface area contributed by atoms with Crippen LogP contribution in [-0.4, -0.2) is 52.4 Å². The first kappa shape index (κ1) is 21.4. The van der Waals surface area contributed by atoms with Gasteiger partial charge in [0.15, 0.2) is 6.61 Å². The lowest BCUT2D eigenvalue weighted by molar-refractivity contribution is -0.119. The van der Waals surface area contributed by atoms with E-state index in [1.54, 1.807) is 12.1 Å². The minimum Gasteiger partial charge on any atom is -0.495 e. The number of nitrogens with one attached hydrogen (secondary N) is 1. The summed E-state index contributed by atoms with van der Waals surface area (Å²) >= 11 is 0. The van der Waals surface area contributed by atoms with E-state index in [2.05, 4.69) is 5.32 Å². The average Bonchev–Trinajstić information content (AvgIpc) is 2.66. The standard InChI is InChI=1S/C19H22N2O6S/c1-13-5-10-17(26-4)16(11-13)20-18(22)12-27-19(23)14-6-8-15(9-7-14)28(24,25)21(2)3/h5-11H,12H2,1-4H3,(H,20,22). The van der Waals surface area contributed by atoms with E-state index in [4.69, 9.17) is 9.47 Å². The van der Waals surface area contributed by atoms with Crippen LogP contribution in [0.5, 0.6) is 5.75 Å². The molecule has 0 fully saturated rings.